The Morgan fingerprint density at radius 1 is 1.40 bits per heavy atom. The number of nitrogens with zero attached hydrogens (tertiary/aromatic N) is 2. The third-order valence-electron chi connectivity index (χ3n) is 3.95. The number of amides is 1. The molecule has 1 aliphatic carbocycles. The van der Waals surface area contributed by atoms with Gasteiger partial charge in [0.05, 0.1) is 23.4 Å². The molecule has 1 amide bonds. The quantitative estimate of drug-likeness (QED) is 0.624. The minimum atomic E-state index is -1.45. The number of carbonyl (C=O) groups is 1. The lowest BCUT2D eigenvalue weighted by atomic mass is 9.60. The summed E-state index contributed by atoms with van der Waals surface area (Å²) in [5, 5.41) is 18.4. The van der Waals surface area contributed by atoms with Crippen molar-refractivity contribution >= 4 is 17.5 Å². The van der Waals surface area contributed by atoms with Gasteiger partial charge < -0.3 is 5.73 Å². The molecule has 0 aromatic heterocycles. The monoisotopic (exact) mass is 293 g/mol. The van der Waals surface area contributed by atoms with Crippen LogP contribution < -0.4 is 5.73 Å². The van der Waals surface area contributed by atoms with Gasteiger partial charge in [-0.1, -0.05) is 38.3 Å². The Labute approximate surface area is 125 Å². The molecule has 0 aromatic rings. The van der Waals surface area contributed by atoms with Crippen LogP contribution in [-0.2, 0) is 4.79 Å². The van der Waals surface area contributed by atoms with E-state index in [1.807, 2.05) is 32.1 Å². The molecule has 0 bridgehead atoms. The van der Waals surface area contributed by atoms with Crippen LogP contribution in [0, 0.1) is 39.9 Å². The molecule has 1 aliphatic rings. The van der Waals surface area contributed by atoms with E-state index in [2.05, 4.69) is 0 Å². The summed E-state index contributed by atoms with van der Waals surface area (Å²) in [6.45, 7) is 4.01. The van der Waals surface area contributed by atoms with Gasteiger partial charge >= 0.3 is 0 Å². The van der Waals surface area contributed by atoms with Gasteiger partial charge in [-0.25, -0.2) is 0 Å². The van der Waals surface area contributed by atoms with Gasteiger partial charge in [-0.3, -0.25) is 4.79 Å². The number of alkyl halides is 1. The summed E-state index contributed by atoms with van der Waals surface area (Å²) < 4.78 is 0. The zero-order valence-corrected chi connectivity index (χ0v) is 12.7. The van der Waals surface area contributed by atoms with Crippen molar-refractivity contribution in [2.24, 2.45) is 23.0 Å². The molecule has 0 saturated heterocycles. The fourth-order valence-corrected chi connectivity index (χ4v) is 3.49. The average molecular weight is 294 g/mol. The van der Waals surface area contributed by atoms with Crippen LogP contribution in [0.3, 0.4) is 0 Å². The number of primary amides is 1. The smallest absolute Gasteiger partial charge is 0.225 e. The molecule has 5 heteroatoms. The number of halogens is 1. The van der Waals surface area contributed by atoms with E-state index in [4.69, 9.17) is 17.3 Å². The van der Waals surface area contributed by atoms with E-state index in [0.29, 0.717) is 6.42 Å². The summed E-state index contributed by atoms with van der Waals surface area (Å²) in [5.41, 5.74) is 4.92. The number of rotatable bonds is 5. The van der Waals surface area contributed by atoms with Gasteiger partial charge in [0.2, 0.25) is 5.91 Å². The van der Waals surface area contributed by atoms with E-state index in [9.17, 15) is 15.3 Å². The molecule has 2 N–H and O–H groups in total. The minimum absolute atomic E-state index is 0.295. The summed E-state index contributed by atoms with van der Waals surface area (Å²) in [6.07, 6.45) is 5.07. The maximum Gasteiger partial charge on any atom is 0.225 e. The summed E-state index contributed by atoms with van der Waals surface area (Å²) in [7, 11) is 0. The fraction of sp³-hybridized carbons (Fsp3) is 0.667. The van der Waals surface area contributed by atoms with Crippen LogP contribution in [0.4, 0.5) is 0 Å². The Kier molecular flexibility index (Phi) is 5.60. The molecule has 0 fully saturated rings. The number of carbonyl (C=O) groups excluding carboxylic acids is 1. The van der Waals surface area contributed by atoms with Crippen LogP contribution in [0.2, 0.25) is 0 Å². The normalized spacial score (nSPS) is 28.1. The molecule has 0 aliphatic heterocycles. The first-order chi connectivity index (χ1) is 9.48. The SMILES string of the molecule is CCCC1=C[C@@H](CCC)C(C#N)(C#N)[C@@H](C(N)=O)[C@@H]1Cl. The highest BCUT2D eigenvalue weighted by Gasteiger charge is 2.54. The Balaban J connectivity index is 3.42. The molecule has 3 atom stereocenters. The Bertz CT molecular complexity index is 472. The Hall–Kier alpha value is -1.52. The van der Waals surface area contributed by atoms with E-state index in [-0.39, 0.29) is 5.92 Å². The first kappa shape index (κ1) is 16.5. The molecular weight excluding hydrogens is 274 g/mol. The Morgan fingerprint density at radius 2 is 2.00 bits per heavy atom. The van der Waals surface area contributed by atoms with E-state index in [1.165, 1.54) is 0 Å². The maximum absolute atomic E-state index is 11.8. The number of nitriles is 2. The zero-order chi connectivity index (χ0) is 15.3. The van der Waals surface area contributed by atoms with Gasteiger partial charge in [0.15, 0.2) is 5.41 Å². The van der Waals surface area contributed by atoms with E-state index in [0.717, 1.165) is 24.8 Å². The number of hydrogen-bond acceptors (Lipinski definition) is 3. The van der Waals surface area contributed by atoms with E-state index in [1.54, 1.807) is 0 Å². The predicted molar refractivity (Wildman–Crippen MR) is 77.4 cm³/mol. The molecule has 20 heavy (non-hydrogen) atoms. The maximum atomic E-state index is 11.8. The molecule has 0 unspecified atom stereocenters. The zero-order valence-electron chi connectivity index (χ0n) is 11.9. The van der Waals surface area contributed by atoms with Crippen LogP contribution in [-0.4, -0.2) is 11.3 Å². The molecule has 0 aromatic carbocycles. The Morgan fingerprint density at radius 3 is 2.40 bits per heavy atom. The fourth-order valence-electron chi connectivity index (χ4n) is 2.99. The summed E-state index contributed by atoms with van der Waals surface area (Å²) in [5.74, 6) is -1.92. The second-order valence-electron chi connectivity index (χ2n) is 5.26. The predicted octanol–water partition coefficient (Wildman–Crippen LogP) is 2.89. The van der Waals surface area contributed by atoms with Gasteiger partial charge in [0.1, 0.15) is 0 Å². The average Bonchev–Trinajstić information content (AvgIpc) is 2.42. The topological polar surface area (TPSA) is 90.7 Å². The largest absolute Gasteiger partial charge is 0.369 e. The van der Waals surface area contributed by atoms with Crippen molar-refractivity contribution in [3.05, 3.63) is 11.6 Å². The second kappa shape index (κ2) is 6.77. The highest BCUT2D eigenvalue weighted by molar-refractivity contribution is 6.24. The summed E-state index contributed by atoms with van der Waals surface area (Å²) >= 11 is 6.36. The minimum Gasteiger partial charge on any atom is -0.369 e. The molecule has 1 rings (SSSR count). The molecule has 108 valence electrons. The van der Waals surface area contributed by atoms with Gasteiger partial charge in [-0.05, 0) is 12.8 Å². The lowest BCUT2D eigenvalue weighted by molar-refractivity contribution is -0.124. The molecule has 0 radical (unpaired) electrons. The van der Waals surface area contributed by atoms with Gasteiger partial charge in [-0.2, -0.15) is 10.5 Å². The van der Waals surface area contributed by atoms with Crippen molar-refractivity contribution in [3.63, 3.8) is 0 Å². The third kappa shape index (κ3) is 2.67. The van der Waals surface area contributed by atoms with Crippen molar-refractivity contribution in [2.45, 2.75) is 44.9 Å². The summed E-state index contributed by atoms with van der Waals surface area (Å²) in [6, 6.07) is 4.07. The first-order valence-corrected chi connectivity index (χ1v) is 7.38. The molecule has 0 heterocycles. The third-order valence-corrected chi connectivity index (χ3v) is 4.48. The van der Waals surface area contributed by atoms with Crippen LogP contribution in [0.5, 0.6) is 0 Å². The molecular formula is C15H20ClN3O. The lowest BCUT2D eigenvalue weighted by Gasteiger charge is -2.40. The van der Waals surface area contributed by atoms with Crippen molar-refractivity contribution in [2.75, 3.05) is 0 Å². The molecule has 4 nitrogen and oxygen atoms in total. The molecule has 0 saturated carbocycles. The van der Waals surface area contributed by atoms with Crippen LogP contribution in [0.25, 0.3) is 0 Å². The molecule has 0 spiro atoms. The number of allylic oxidation sites excluding steroid dienone is 2. The highest BCUT2D eigenvalue weighted by atomic mass is 35.5. The van der Waals surface area contributed by atoms with Gasteiger partial charge in [0, 0.05) is 5.92 Å². The second-order valence-corrected chi connectivity index (χ2v) is 5.73. The van der Waals surface area contributed by atoms with Crippen LogP contribution in [0.15, 0.2) is 11.6 Å². The van der Waals surface area contributed by atoms with Crippen molar-refractivity contribution < 1.29 is 4.79 Å². The van der Waals surface area contributed by atoms with E-state index >= 15 is 0 Å². The number of nitrogens with two attached hydrogens (primary N) is 1. The van der Waals surface area contributed by atoms with Gasteiger partial charge in [-0.15, -0.1) is 11.6 Å². The highest BCUT2D eigenvalue weighted by Crippen LogP contribution is 2.48. The van der Waals surface area contributed by atoms with Crippen molar-refractivity contribution in [3.8, 4) is 12.1 Å². The number of hydrogen-bond donors (Lipinski definition) is 1. The van der Waals surface area contributed by atoms with Crippen molar-refractivity contribution in [1.29, 1.82) is 10.5 Å². The van der Waals surface area contributed by atoms with Crippen LogP contribution in [0.1, 0.15) is 39.5 Å². The van der Waals surface area contributed by atoms with E-state index < -0.39 is 22.6 Å². The first-order valence-electron chi connectivity index (χ1n) is 6.94. The van der Waals surface area contributed by atoms with Crippen LogP contribution >= 0.6 is 11.6 Å². The lowest BCUT2D eigenvalue weighted by Crippen LogP contribution is -2.50. The standard InChI is InChI=1S/C15H20ClN3O/c1-3-5-10-7-11(6-4-2)15(8-17,9-18)12(13(10)16)14(19)20/h7,11-13H,3-6H2,1-2H3,(H2,19,20)/t11-,12-,13-/m1/s1. The summed E-state index contributed by atoms with van der Waals surface area (Å²) in [4.78, 5) is 11.8. The van der Waals surface area contributed by atoms with Crippen molar-refractivity contribution in [1.82, 2.24) is 0 Å². The van der Waals surface area contributed by atoms with Gasteiger partial charge in [0.25, 0.3) is 0 Å².